The number of carbonyl (C=O) groups excluding carboxylic acids is 1. The summed E-state index contributed by atoms with van der Waals surface area (Å²) in [7, 11) is 0. The molecule has 5 rings (SSSR count). The van der Waals surface area contributed by atoms with E-state index in [2.05, 4.69) is 92.5 Å². The van der Waals surface area contributed by atoms with Crippen molar-refractivity contribution in [2.24, 2.45) is 5.92 Å². The fraction of sp³-hybridized carbons (Fsp3) is 0.367. The predicted molar refractivity (Wildman–Crippen MR) is 146 cm³/mol. The molecule has 3 aromatic rings. The van der Waals surface area contributed by atoms with E-state index in [0.717, 1.165) is 75.7 Å². The summed E-state index contributed by atoms with van der Waals surface area (Å²) in [4.78, 5) is 19.9. The Bertz CT molecular complexity index is 1160. The van der Waals surface area contributed by atoms with Crippen molar-refractivity contribution in [1.29, 1.82) is 0 Å². The number of hydrogen-bond donors (Lipinski definition) is 0. The smallest absolute Gasteiger partial charge is 0.225 e. The molecular weight excluding hydrogens is 446 g/mol. The number of benzene rings is 2. The molecule has 2 aliphatic heterocycles. The maximum atomic E-state index is 13.2. The van der Waals surface area contributed by atoms with Crippen molar-refractivity contribution in [3.8, 4) is 11.3 Å². The van der Waals surface area contributed by atoms with Gasteiger partial charge in [0.2, 0.25) is 5.91 Å². The lowest BCUT2D eigenvalue weighted by Gasteiger charge is -2.38. The number of aromatic nitrogens is 2. The van der Waals surface area contributed by atoms with Crippen LogP contribution in [0, 0.1) is 12.8 Å². The molecule has 2 aliphatic rings. The monoisotopic (exact) mass is 481 g/mol. The summed E-state index contributed by atoms with van der Waals surface area (Å²) in [5.74, 6) is 1.34. The van der Waals surface area contributed by atoms with Crippen LogP contribution in [0.5, 0.6) is 0 Å². The van der Waals surface area contributed by atoms with E-state index in [9.17, 15) is 4.79 Å². The molecule has 6 heteroatoms. The van der Waals surface area contributed by atoms with Crippen LogP contribution in [0.15, 0.2) is 72.8 Å². The van der Waals surface area contributed by atoms with Crippen LogP contribution in [0.25, 0.3) is 17.3 Å². The van der Waals surface area contributed by atoms with Gasteiger partial charge in [-0.05, 0) is 43.0 Å². The molecule has 1 amide bonds. The number of amides is 1. The van der Waals surface area contributed by atoms with Crippen molar-refractivity contribution < 1.29 is 4.79 Å². The molecule has 3 heterocycles. The van der Waals surface area contributed by atoms with Crippen LogP contribution in [0.3, 0.4) is 0 Å². The first-order valence-corrected chi connectivity index (χ1v) is 13.0. The highest BCUT2D eigenvalue weighted by molar-refractivity contribution is 5.79. The SMILES string of the molecule is Cc1ccccc1-c1ccc(N2CCC(C(=O)N3CCN(C/C=C/c4ccccc4)CC3)CC2)nn1. The van der Waals surface area contributed by atoms with Gasteiger partial charge < -0.3 is 9.80 Å². The number of carbonyl (C=O) groups is 1. The van der Waals surface area contributed by atoms with E-state index >= 15 is 0 Å². The van der Waals surface area contributed by atoms with Gasteiger partial charge in [-0.15, -0.1) is 10.2 Å². The van der Waals surface area contributed by atoms with Crippen LogP contribution >= 0.6 is 0 Å². The first kappa shape index (κ1) is 24.2. The standard InChI is InChI=1S/C30H35N5O/c1-24-8-5-6-12-27(24)28-13-14-29(32-31-28)34-18-15-26(16-19-34)30(36)35-22-20-33(21-23-35)17-7-11-25-9-3-2-4-10-25/h2-14,26H,15-23H2,1H3/b11-7+. The summed E-state index contributed by atoms with van der Waals surface area (Å²) < 4.78 is 0. The highest BCUT2D eigenvalue weighted by Crippen LogP contribution is 2.26. The minimum Gasteiger partial charge on any atom is -0.355 e. The molecule has 0 bridgehead atoms. The fourth-order valence-electron chi connectivity index (χ4n) is 5.16. The van der Waals surface area contributed by atoms with Gasteiger partial charge >= 0.3 is 0 Å². The van der Waals surface area contributed by atoms with Gasteiger partial charge in [0.1, 0.15) is 0 Å². The van der Waals surface area contributed by atoms with Gasteiger partial charge in [0.05, 0.1) is 5.69 Å². The number of hydrogen-bond acceptors (Lipinski definition) is 5. The summed E-state index contributed by atoms with van der Waals surface area (Å²) in [6, 6.07) is 22.7. The highest BCUT2D eigenvalue weighted by atomic mass is 16.2. The zero-order valence-electron chi connectivity index (χ0n) is 21.1. The fourth-order valence-corrected chi connectivity index (χ4v) is 5.16. The van der Waals surface area contributed by atoms with Crippen LogP contribution in [0.2, 0.25) is 0 Å². The minimum absolute atomic E-state index is 0.116. The van der Waals surface area contributed by atoms with Crippen LogP contribution in [-0.2, 0) is 4.79 Å². The molecule has 0 atom stereocenters. The van der Waals surface area contributed by atoms with Crippen LogP contribution in [-0.4, -0.2) is 71.7 Å². The van der Waals surface area contributed by atoms with Crippen molar-refractivity contribution in [3.05, 3.63) is 83.9 Å². The lowest BCUT2D eigenvalue weighted by atomic mass is 9.95. The topological polar surface area (TPSA) is 52.6 Å². The number of nitrogens with zero attached hydrogens (tertiary/aromatic N) is 5. The number of piperazine rings is 1. The third-order valence-electron chi connectivity index (χ3n) is 7.40. The van der Waals surface area contributed by atoms with Gasteiger partial charge in [0.15, 0.2) is 5.82 Å². The van der Waals surface area contributed by atoms with Gasteiger partial charge in [-0.3, -0.25) is 9.69 Å². The van der Waals surface area contributed by atoms with Crippen LogP contribution in [0.4, 0.5) is 5.82 Å². The second kappa shape index (κ2) is 11.5. The number of piperidine rings is 1. The Balaban J connectivity index is 1.07. The van der Waals surface area contributed by atoms with E-state index in [1.54, 1.807) is 0 Å². The molecule has 0 spiro atoms. The Labute approximate surface area is 214 Å². The Morgan fingerprint density at radius 2 is 1.58 bits per heavy atom. The first-order valence-electron chi connectivity index (χ1n) is 13.0. The summed E-state index contributed by atoms with van der Waals surface area (Å²) in [5.41, 5.74) is 4.44. The molecular formula is C30H35N5O. The van der Waals surface area contributed by atoms with Crippen LogP contribution < -0.4 is 4.90 Å². The summed E-state index contributed by atoms with van der Waals surface area (Å²) in [5, 5.41) is 8.98. The largest absolute Gasteiger partial charge is 0.355 e. The Morgan fingerprint density at radius 3 is 2.28 bits per heavy atom. The number of rotatable bonds is 6. The summed E-state index contributed by atoms with van der Waals surface area (Å²) in [6.45, 7) is 8.24. The third-order valence-corrected chi connectivity index (χ3v) is 7.40. The minimum atomic E-state index is 0.116. The van der Waals surface area contributed by atoms with E-state index < -0.39 is 0 Å². The molecule has 0 radical (unpaired) electrons. The Kier molecular flexibility index (Phi) is 7.72. The second-order valence-electron chi connectivity index (χ2n) is 9.79. The molecule has 0 unspecified atom stereocenters. The number of anilines is 1. The molecule has 2 aromatic carbocycles. The molecule has 2 saturated heterocycles. The maximum Gasteiger partial charge on any atom is 0.225 e. The van der Waals surface area contributed by atoms with E-state index in [4.69, 9.17) is 0 Å². The van der Waals surface area contributed by atoms with E-state index in [0.29, 0.717) is 5.91 Å². The second-order valence-corrected chi connectivity index (χ2v) is 9.79. The van der Waals surface area contributed by atoms with Crippen molar-refractivity contribution in [3.63, 3.8) is 0 Å². The molecule has 0 aliphatic carbocycles. The molecule has 6 nitrogen and oxygen atoms in total. The highest BCUT2D eigenvalue weighted by Gasteiger charge is 2.30. The third kappa shape index (κ3) is 5.82. The Morgan fingerprint density at radius 1 is 0.861 bits per heavy atom. The van der Waals surface area contributed by atoms with Gasteiger partial charge in [-0.25, -0.2) is 0 Å². The molecule has 36 heavy (non-hydrogen) atoms. The van der Waals surface area contributed by atoms with Crippen molar-refractivity contribution in [2.45, 2.75) is 19.8 Å². The first-order chi connectivity index (χ1) is 17.7. The van der Waals surface area contributed by atoms with Crippen LogP contribution in [0.1, 0.15) is 24.0 Å². The molecule has 2 fully saturated rings. The summed E-state index contributed by atoms with van der Waals surface area (Å²) in [6.07, 6.45) is 6.14. The number of aryl methyl sites for hydroxylation is 1. The zero-order chi connectivity index (χ0) is 24.7. The van der Waals surface area contributed by atoms with Gasteiger partial charge in [-0.1, -0.05) is 66.7 Å². The quantitative estimate of drug-likeness (QED) is 0.518. The van der Waals surface area contributed by atoms with E-state index in [1.807, 2.05) is 18.2 Å². The lowest BCUT2D eigenvalue weighted by Crippen LogP contribution is -2.51. The Hall–Kier alpha value is -3.51. The van der Waals surface area contributed by atoms with Crippen molar-refractivity contribution in [1.82, 2.24) is 20.0 Å². The molecule has 0 saturated carbocycles. The molecule has 1 aromatic heterocycles. The van der Waals surface area contributed by atoms with Gasteiger partial charge in [0, 0.05) is 57.3 Å². The van der Waals surface area contributed by atoms with Crippen molar-refractivity contribution in [2.75, 3.05) is 50.7 Å². The predicted octanol–water partition coefficient (Wildman–Crippen LogP) is 4.53. The average Bonchev–Trinajstić information content (AvgIpc) is 2.94. The van der Waals surface area contributed by atoms with Gasteiger partial charge in [0.25, 0.3) is 0 Å². The maximum absolute atomic E-state index is 13.2. The zero-order valence-corrected chi connectivity index (χ0v) is 21.1. The van der Waals surface area contributed by atoms with E-state index in [1.165, 1.54) is 11.1 Å². The normalized spacial score (nSPS) is 17.6. The molecule has 0 N–H and O–H groups in total. The summed E-state index contributed by atoms with van der Waals surface area (Å²) >= 11 is 0. The van der Waals surface area contributed by atoms with E-state index in [-0.39, 0.29) is 5.92 Å². The lowest BCUT2D eigenvalue weighted by molar-refractivity contribution is -0.137. The molecule has 186 valence electrons. The van der Waals surface area contributed by atoms with Gasteiger partial charge in [-0.2, -0.15) is 0 Å². The average molecular weight is 482 g/mol. The van der Waals surface area contributed by atoms with Crippen molar-refractivity contribution >= 4 is 17.8 Å².